The number of benzene rings is 1. The minimum absolute atomic E-state index is 0. The molecular formula is C76H146N12O25. The van der Waals surface area contributed by atoms with Crippen LogP contribution in [-0.2, 0) is 107 Å². The number of ether oxygens (including phenoxy) is 8. The number of primary amides is 1. The first-order chi connectivity index (χ1) is 54.3. The Hall–Kier alpha value is -8.72. The van der Waals surface area contributed by atoms with Gasteiger partial charge in [-0.25, -0.2) is 9.59 Å². The number of carboxylic acids is 3. The van der Waals surface area contributed by atoms with Crippen LogP contribution in [0.1, 0.15) is 191 Å². The highest BCUT2D eigenvalue weighted by Crippen LogP contribution is 2.25. The lowest BCUT2D eigenvalue weighted by molar-refractivity contribution is -0.143. The predicted molar refractivity (Wildman–Crippen MR) is 431 cm³/mol. The fourth-order valence-corrected chi connectivity index (χ4v) is 11.3. The van der Waals surface area contributed by atoms with E-state index in [1.54, 1.807) is 26.0 Å². The maximum Gasteiger partial charge on any atom is 0.326 e. The van der Waals surface area contributed by atoms with Crippen molar-refractivity contribution in [2.24, 2.45) is 39.9 Å². The van der Waals surface area contributed by atoms with E-state index in [1.807, 2.05) is 0 Å². The molecule has 660 valence electrons. The summed E-state index contributed by atoms with van der Waals surface area (Å²) in [5.74, 6) is -9.90. The zero-order chi connectivity index (χ0) is 83.5. The zero-order valence-corrected chi connectivity index (χ0v) is 66.3. The minimum Gasteiger partial charge on any atom is -0.508 e. The highest BCUT2D eigenvalue weighted by molar-refractivity contribution is 5.92. The summed E-state index contributed by atoms with van der Waals surface area (Å²) in [4.78, 5) is 164. The standard InChI is InChI=1S/C76H130N12O25.8H2/c1-55(71(99)56(2)59(21-19-33-85-76(78)79)73(101)88-62(72(77)100)50-57-24-26-58(89)27-25-57)20-17-18-32-80-66(93)51-110-46-43-107-39-35-82-68(95)53-112-48-45-109-41-37-84-69(96)54-113-49-44-108-40-36-83-67(94)52-111-47-42-106-38-34-81-63(90)30-28-60(74(102)103)87-65(92)31-29-61(75(104)105)86-64(91)22-15-13-11-9-7-5-3-4-6-8-10-12-14-16-23-70(97)98;;;;;;;;/h24-27,55-56,59-62,89H,3-23,28-54H2,1-2H3,(H2,77,100)(H,80,93)(H,81,90)(H,82,95)(H,83,94)(H,84,96)(H,86,91)(H,87,92)(H,88,101)(H,97,98)(H,102,103)(H,104,105)(H4,78,79,85);8*1H/t55-,56?,59+,60-,61-,62-;;;;;;;;/m0......../s1. The van der Waals surface area contributed by atoms with Crippen LogP contribution in [0.15, 0.2) is 29.3 Å². The largest absolute Gasteiger partial charge is 0.508 e. The van der Waals surface area contributed by atoms with Crippen LogP contribution >= 0.6 is 0 Å². The van der Waals surface area contributed by atoms with Gasteiger partial charge in [0.05, 0.1) is 79.3 Å². The number of aliphatic carboxylic acids is 3. The number of aliphatic imine (C=N–C) groups is 1. The molecule has 113 heavy (non-hydrogen) atoms. The Balaban J connectivity index is -0.00000266. The van der Waals surface area contributed by atoms with Crippen molar-refractivity contribution in [3.05, 3.63) is 29.8 Å². The molecule has 0 saturated carbocycles. The molecule has 0 aliphatic carbocycles. The number of aromatic hydroxyl groups is 1. The molecule has 0 saturated heterocycles. The van der Waals surface area contributed by atoms with E-state index in [-0.39, 0.29) is 236 Å². The molecule has 0 aromatic heterocycles. The van der Waals surface area contributed by atoms with Gasteiger partial charge in [-0.15, -0.1) is 0 Å². The summed E-state index contributed by atoms with van der Waals surface area (Å²) in [5.41, 5.74) is 17.2. The first-order valence-electron chi connectivity index (χ1n) is 39.5. The number of ketones is 1. The second-order valence-corrected chi connectivity index (χ2v) is 27.2. The summed E-state index contributed by atoms with van der Waals surface area (Å²) >= 11 is 0. The quantitative estimate of drug-likeness (QED) is 0.0253. The molecule has 1 rings (SSSR count). The smallest absolute Gasteiger partial charge is 0.326 e. The van der Waals surface area contributed by atoms with E-state index in [2.05, 4.69) is 47.5 Å². The number of amides is 9. The molecule has 9 amide bonds. The number of nitrogens with two attached hydrogens (primary N) is 3. The summed E-state index contributed by atoms with van der Waals surface area (Å²) in [7, 11) is 0. The molecule has 0 spiro atoms. The van der Waals surface area contributed by atoms with E-state index in [4.69, 9.17) is 60.2 Å². The lowest BCUT2D eigenvalue weighted by atomic mass is 9.80. The first-order valence-corrected chi connectivity index (χ1v) is 39.5. The third-order valence-electron chi connectivity index (χ3n) is 17.6. The van der Waals surface area contributed by atoms with E-state index in [0.717, 1.165) is 57.8 Å². The molecule has 0 heterocycles. The van der Waals surface area contributed by atoms with Crippen molar-refractivity contribution < 1.29 is 132 Å². The maximum atomic E-state index is 13.6. The van der Waals surface area contributed by atoms with Gasteiger partial charge in [0.2, 0.25) is 53.2 Å². The average Bonchev–Trinajstić information content (AvgIpc) is 0.846. The summed E-state index contributed by atoms with van der Waals surface area (Å²) in [5, 5.41) is 58.4. The highest BCUT2D eigenvalue weighted by atomic mass is 16.5. The van der Waals surface area contributed by atoms with Gasteiger partial charge >= 0.3 is 17.9 Å². The fourth-order valence-electron chi connectivity index (χ4n) is 11.3. The number of nitrogens with one attached hydrogen (secondary N) is 8. The number of carbonyl (C=O) groups excluding carboxylic acids is 10. The highest BCUT2D eigenvalue weighted by Gasteiger charge is 2.34. The second-order valence-electron chi connectivity index (χ2n) is 27.2. The lowest BCUT2D eigenvalue weighted by Crippen LogP contribution is -2.49. The number of hydrogen-bond acceptors (Lipinski definition) is 23. The van der Waals surface area contributed by atoms with Gasteiger partial charge in [-0.2, -0.15) is 0 Å². The number of rotatable bonds is 76. The summed E-state index contributed by atoms with van der Waals surface area (Å²) in [6, 6.07) is 2.35. The molecule has 37 nitrogen and oxygen atoms in total. The molecule has 0 aliphatic rings. The number of nitrogens with zero attached hydrogens (tertiary/aromatic N) is 1. The van der Waals surface area contributed by atoms with Crippen LogP contribution in [0.4, 0.5) is 0 Å². The molecule has 1 aromatic carbocycles. The molecular weight excluding hydrogens is 1480 g/mol. The van der Waals surface area contributed by atoms with Gasteiger partial charge in [-0.05, 0) is 69.1 Å². The number of guanidine groups is 1. The summed E-state index contributed by atoms with van der Waals surface area (Å²) in [6.45, 7) is 5.75. The Morgan fingerprint density at radius 3 is 1.16 bits per heavy atom. The Labute approximate surface area is 674 Å². The number of phenolic OH excluding ortho intramolecular Hbond substituents is 1. The molecule has 6 atom stereocenters. The maximum absolute atomic E-state index is 13.6. The van der Waals surface area contributed by atoms with Crippen molar-refractivity contribution in [1.82, 2.24) is 42.5 Å². The molecule has 18 N–H and O–H groups in total. The number of phenols is 1. The molecule has 0 fully saturated rings. The van der Waals surface area contributed by atoms with Crippen molar-refractivity contribution in [1.29, 1.82) is 0 Å². The number of carbonyl (C=O) groups is 13. The van der Waals surface area contributed by atoms with Crippen molar-refractivity contribution in [3.8, 4) is 5.75 Å². The van der Waals surface area contributed by atoms with Crippen molar-refractivity contribution >= 4 is 82.8 Å². The molecule has 37 heteroatoms. The van der Waals surface area contributed by atoms with Gasteiger partial charge in [0, 0.05) is 101 Å². The van der Waals surface area contributed by atoms with Crippen molar-refractivity contribution in [2.75, 3.05) is 145 Å². The van der Waals surface area contributed by atoms with Crippen LogP contribution in [0.25, 0.3) is 0 Å². The van der Waals surface area contributed by atoms with E-state index in [0.29, 0.717) is 44.2 Å². The van der Waals surface area contributed by atoms with Gasteiger partial charge in [-0.3, -0.25) is 57.7 Å². The fraction of sp³-hybridized carbons (Fsp3) is 0.737. The van der Waals surface area contributed by atoms with Crippen LogP contribution in [0.3, 0.4) is 0 Å². The van der Waals surface area contributed by atoms with Gasteiger partial charge in [0.15, 0.2) is 5.96 Å². The number of Topliss-reactive ketones (excluding diaryl/α,β-unsaturated/α-hetero) is 1. The second kappa shape index (κ2) is 67.8. The molecule has 1 aromatic rings. The predicted octanol–water partition coefficient (Wildman–Crippen LogP) is 3.29. The number of unbranched alkanes of at least 4 members (excludes halogenated alkanes) is 14. The van der Waals surface area contributed by atoms with E-state index in [1.165, 1.54) is 37.8 Å². The van der Waals surface area contributed by atoms with Crippen LogP contribution < -0.4 is 59.7 Å². The normalized spacial score (nSPS) is 12.7. The molecule has 1 unspecified atom stereocenters. The van der Waals surface area contributed by atoms with E-state index in [9.17, 15) is 77.6 Å². The van der Waals surface area contributed by atoms with Crippen LogP contribution in [-0.4, -0.2) is 266 Å². The number of carboxylic acid groups (broad SMARTS) is 3. The van der Waals surface area contributed by atoms with Crippen LogP contribution in [0, 0.1) is 17.8 Å². The third kappa shape index (κ3) is 59.6. The van der Waals surface area contributed by atoms with Crippen LogP contribution in [0.2, 0.25) is 0 Å². The zero-order valence-electron chi connectivity index (χ0n) is 66.3. The lowest BCUT2D eigenvalue weighted by Gasteiger charge is -2.26. The molecule has 0 aliphatic heterocycles. The third-order valence-corrected chi connectivity index (χ3v) is 17.6. The Bertz CT molecular complexity index is 2960. The SMILES string of the molecule is CC(C(=O)[C@@H](C)CCCCNC(=O)COCCOCCNC(=O)COCCOCCNC(=O)COCCOCCNC(=O)COCCOCCNC(=O)CC[C@H](NC(=O)CC[C@H](NC(=O)CCCCCCCCCCCCCCCCC(=O)O)C(=O)O)C(=O)O)[C@@H](CCCN=C(N)N)C(=O)N[C@@H](Cc1ccc(O)cc1)C(N)=O.[HH].[HH].[HH].[HH].[HH].[HH].[HH].[HH]. The number of hydrogen-bond donors (Lipinski definition) is 15. The first kappa shape index (κ1) is 102. The Morgan fingerprint density at radius 1 is 0.389 bits per heavy atom. The van der Waals surface area contributed by atoms with E-state index >= 15 is 0 Å². The van der Waals surface area contributed by atoms with Gasteiger partial charge in [0.25, 0.3) is 0 Å². The summed E-state index contributed by atoms with van der Waals surface area (Å²) in [6.07, 6.45) is 16.1. The minimum atomic E-state index is -1.42. The van der Waals surface area contributed by atoms with Gasteiger partial charge in [-0.1, -0.05) is 109 Å². The Kier molecular flexibility index (Phi) is 61.3. The van der Waals surface area contributed by atoms with Crippen LogP contribution in [0.5, 0.6) is 5.75 Å². The van der Waals surface area contributed by atoms with Gasteiger partial charge in [0.1, 0.15) is 56.1 Å². The van der Waals surface area contributed by atoms with Crippen molar-refractivity contribution in [3.63, 3.8) is 0 Å². The topological polar surface area (TPSA) is 563 Å². The van der Waals surface area contributed by atoms with Crippen molar-refractivity contribution in [2.45, 2.75) is 199 Å². The monoisotopic (exact) mass is 1630 g/mol. The Morgan fingerprint density at radius 2 is 0.761 bits per heavy atom. The molecule has 0 radical (unpaired) electrons. The van der Waals surface area contributed by atoms with Gasteiger partial charge < -0.3 is 118 Å². The summed E-state index contributed by atoms with van der Waals surface area (Å²) < 4.78 is 43.0. The molecule has 0 bridgehead atoms. The average molecular weight is 1630 g/mol. The van der Waals surface area contributed by atoms with E-state index < -0.39 is 89.2 Å².